The number of carbonyl (C=O) groups is 2. The highest BCUT2D eigenvalue weighted by Crippen LogP contribution is 2.21. The average molecular weight is 416 g/mol. The molecule has 1 rings (SSSR count). The second kappa shape index (κ2) is 13.8. The number of hydrogen-bond acceptors (Lipinski definition) is 3. The van der Waals surface area contributed by atoms with Crippen LogP contribution >= 0.6 is 0 Å². The van der Waals surface area contributed by atoms with Gasteiger partial charge in [-0.1, -0.05) is 75.6 Å². The zero-order chi connectivity index (χ0) is 22.4. The summed E-state index contributed by atoms with van der Waals surface area (Å²) in [5.41, 5.74) is 0.659. The summed E-state index contributed by atoms with van der Waals surface area (Å²) in [6, 6.07) is 8.74. The maximum atomic E-state index is 11.1. The second-order valence-electron chi connectivity index (χ2n) is 8.19. The van der Waals surface area contributed by atoms with Gasteiger partial charge in [-0.15, -0.1) is 5.92 Å². The van der Waals surface area contributed by atoms with Gasteiger partial charge in [0.15, 0.2) is 5.41 Å². The van der Waals surface area contributed by atoms with Gasteiger partial charge in [0.05, 0.1) is 6.54 Å². The Bertz CT molecular complexity index is 701. The van der Waals surface area contributed by atoms with Crippen molar-refractivity contribution >= 4 is 11.9 Å². The van der Waals surface area contributed by atoms with Crippen molar-refractivity contribution in [3.63, 3.8) is 0 Å². The molecule has 0 saturated heterocycles. The second-order valence-corrected chi connectivity index (χ2v) is 8.19. The molecule has 166 valence electrons. The number of carboxylic acids is 2. The molecule has 1 aromatic carbocycles. The summed E-state index contributed by atoms with van der Waals surface area (Å²) >= 11 is 0. The molecule has 1 unspecified atom stereocenters. The largest absolute Gasteiger partial charge is 0.480 e. The first-order valence-electron chi connectivity index (χ1n) is 11.1. The number of aryl methyl sites for hydroxylation is 1. The summed E-state index contributed by atoms with van der Waals surface area (Å²) in [7, 11) is 0. The van der Waals surface area contributed by atoms with Crippen molar-refractivity contribution in [3.8, 4) is 11.8 Å². The van der Waals surface area contributed by atoms with Gasteiger partial charge in [-0.3, -0.25) is 14.9 Å². The van der Waals surface area contributed by atoms with Crippen molar-refractivity contribution in [2.45, 2.75) is 84.6 Å². The van der Waals surface area contributed by atoms with Crippen LogP contribution in [-0.2, 0) is 16.0 Å². The maximum Gasteiger partial charge on any atom is 0.321 e. The van der Waals surface area contributed by atoms with Crippen molar-refractivity contribution in [3.05, 3.63) is 35.4 Å². The number of unbranched alkanes of at least 4 members (excludes halogenated alkanes) is 6. The first kappa shape index (κ1) is 25.7. The van der Waals surface area contributed by atoms with Gasteiger partial charge in [-0.05, 0) is 37.8 Å². The van der Waals surface area contributed by atoms with E-state index in [0.717, 1.165) is 6.42 Å². The van der Waals surface area contributed by atoms with Gasteiger partial charge < -0.3 is 10.2 Å². The summed E-state index contributed by atoms with van der Waals surface area (Å²) in [5.74, 6) is 2.76. The number of nitrogens with one attached hydrogen (secondary N) is 1. The van der Waals surface area contributed by atoms with Gasteiger partial charge in [-0.2, -0.15) is 0 Å². The van der Waals surface area contributed by atoms with Gasteiger partial charge in [-0.25, -0.2) is 0 Å². The Morgan fingerprint density at radius 1 is 0.967 bits per heavy atom. The molecule has 5 nitrogen and oxygen atoms in total. The molecule has 0 aliphatic carbocycles. The van der Waals surface area contributed by atoms with E-state index in [2.05, 4.69) is 48.3 Å². The smallest absolute Gasteiger partial charge is 0.321 e. The fraction of sp³-hybridized carbons (Fsp3) is 0.600. The van der Waals surface area contributed by atoms with Crippen molar-refractivity contribution < 1.29 is 19.8 Å². The van der Waals surface area contributed by atoms with E-state index in [-0.39, 0.29) is 12.5 Å². The molecule has 30 heavy (non-hydrogen) atoms. The molecule has 0 amide bonds. The number of hydrogen-bond donors (Lipinski definition) is 3. The summed E-state index contributed by atoms with van der Waals surface area (Å²) in [4.78, 5) is 22.2. The maximum absolute atomic E-state index is 11.1. The molecule has 0 spiro atoms. The van der Waals surface area contributed by atoms with Crippen LogP contribution in [0.15, 0.2) is 24.3 Å². The lowest BCUT2D eigenvalue weighted by Gasteiger charge is -2.16. The fourth-order valence-electron chi connectivity index (χ4n) is 3.13. The Balaban J connectivity index is 2.36. The highest BCUT2D eigenvalue weighted by atomic mass is 16.4. The van der Waals surface area contributed by atoms with Gasteiger partial charge in [0.2, 0.25) is 0 Å². The van der Waals surface area contributed by atoms with Crippen LogP contribution in [0.25, 0.3) is 0 Å². The molecular formula is C25H37NO4. The monoisotopic (exact) mass is 415 g/mol. The van der Waals surface area contributed by atoms with E-state index in [4.69, 9.17) is 10.2 Å². The molecular weight excluding hydrogens is 378 g/mol. The summed E-state index contributed by atoms with van der Waals surface area (Å²) in [6.07, 6.45) is 10.1. The first-order chi connectivity index (χ1) is 14.3. The zero-order valence-electron chi connectivity index (χ0n) is 18.7. The third kappa shape index (κ3) is 9.00. The highest BCUT2D eigenvalue weighted by molar-refractivity contribution is 5.98. The van der Waals surface area contributed by atoms with Crippen molar-refractivity contribution in [2.75, 3.05) is 6.54 Å². The third-order valence-electron chi connectivity index (χ3n) is 5.56. The molecule has 0 saturated carbocycles. The minimum absolute atomic E-state index is 0.109. The summed E-state index contributed by atoms with van der Waals surface area (Å²) in [6.45, 7) is 5.84. The van der Waals surface area contributed by atoms with E-state index in [1.54, 1.807) is 0 Å². The molecule has 0 bridgehead atoms. The lowest BCUT2D eigenvalue weighted by atomic mass is 9.87. The predicted octanol–water partition coefficient (Wildman–Crippen LogP) is 5.20. The molecule has 0 heterocycles. The molecule has 0 aromatic heterocycles. The molecule has 0 fully saturated rings. The fourth-order valence-corrected chi connectivity index (χ4v) is 3.13. The van der Waals surface area contributed by atoms with Gasteiger partial charge in [0.25, 0.3) is 0 Å². The summed E-state index contributed by atoms with van der Waals surface area (Å²) in [5, 5.41) is 21.4. The van der Waals surface area contributed by atoms with Crippen LogP contribution in [0.3, 0.4) is 0 Å². The molecule has 3 N–H and O–H groups in total. The highest BCUT2D eigenvalue weighted by Gasteiger charge is 2.40. The first-order valence-corrected chi connectivity index (χ1v) is 11.1. The molecule has 5 heteroatoms. The lowest BCUT2D eigenvalue weighted by molar-refractivity contribution is -0.162. The lowest BCUT2D eigenvalue weighted by Crippen LogP contribution is -2.35. The van der Waals surface area contributed by atoms with Crippen molar-refractivity contribution in [2.24, 2.45) is 5.41 Å². The quantitative estimate of drug-likeness (QED) is 0.221. The molecule has 0 aliphatic heterocycles. The number of aliphatic carboxylic acids is 2. The van der Waals surface area contributed by atoms with E-state index in [9.17, 15) is 9.59 Å². The van der Waals surface area contributed by atoms with Gasteiger partial charge in [0.1, 0.15) is 0 Å². The van der Waals surface area contributed by atoms with E-state index >= 15 is 0 Å². The van der Waals surface area contributed by atoms with Crippen LogP contribution in [0.5, 0.6) is 0 Å². The zero-order valence-corrected chi connectivity index (χ0v) is 18.7. The van der Waals surface area contributed by atoms with Gasteiger partial charge >= 0.3 is 11.9 Å². The topological polar surface area (TPSA) is 86.6 Å². The van der Waals surface area contributed by atoms with E-state index in [1.165, 1.54) is 63.0 Å². The number of carboxylic acid groups (broad SMARTS) is 2. The SMILES string of the molecule is CCCCCCCCCc1ccc(C(C)NCC#CCC(C)(C(=O)O)C(=O)O)cc1. The minimum Gasteiger partial charge on any atom is -0.480 e. The van der Waals surface area contributed by atoms with Crippen LogP contribution in [0, 0.1) is 17.3 Å². The van der Waals surface area contributed by atoms with E-state index < -0.39 is 17.4 Å². The standard InChI is InChI=1S/C25H37NO4/c1-4-5-6-7-8-9-10-13-21-14-16-22(17-15-21)20(2)26-19-12-11-18-25(3,23(27)28)24(29)30/h14-17,20,26H,4-10,13,18-19H2,1-3H3,(H,27,28)(H,29,30). The van der Waals surface area contributed by atoms with E-state index in [1.807, 2.05) is 6.92 Å². The van der Waals surface area contributed by atoms with Crippen molar-refractivity contribution in [1.29, 1.82) is 0 Å². The Labute approximate surface area is 181 Å². The molecule has 1 aromatic rings. The summed E-state index contributed by atoms with van der Waals surface area (Å²) < 4.78 is 0. The van der Waals surface area contributed by atoms with Crippen molar-refractivity contribution in [1.82, 2.24) is 5.32 Å². The Kier molecular flexibility index (Phi) is 11.8. The Hall–Kier alpha value is -2.32. The minimum atomic E-state index is -1.87. The number of rotatable bonds is 14. The Morgan fingerprint density at radius 2 is 1.53 bits per heavy atom. The molecule has 0 aliphatic rings. The van der Waals surface area contributed by atoms with Crippen LogP contribution in [0.1, 0.15) is 89.3 Å². The van der Waals surface area contributed by atoms with Gasteiger partial charge in [0, 0.05) is 12.5 Å². The molecule has 1 atom stereocenters. The van der Waals surface area contributed by atoms with Crippen LogP contribution in [-0.4, -0.2) is 28.7 Å². The van der Waals surface area contributed by atoms with Crippen LogP contribution < -0.4 is 5.32 Å². The average Bonchev–Trinajstić information content (AvgIpc) is 2.72. The predicted molar refractivity (Wildman–Crippen MR) is 120 cm³/mol. The Morgan fingerprint density at radius 3 is 2.10 bits per heavy atom. The van der Waals surface area contributed by atoms with E-state index in [0.29, 0.717) is 6.54 Å². The third-order valence-corrected chi connectivity index (χ3v) is 5.56. The number of benzene rings is 1. The van der Waals surface area contributed by atoms with Crippen LogP contribution in [0.2, 0.25) is 0 Å². The normalized spacial score (nSPS) is 12.1. The van der Waals surface area contributed by atoms with Crippen LogP contribution in [0.4, 0.5) is 0 Å². The molecule has 0 radical (unpaired) electrons.